The average Bonchev–Trinajstić information content (AvgIpc) is 3.32. The van der Waals surface area contributed by atoms with Crippen molar-refractivity contribution in [2.45, 2.75) is 46.5 Å². The number of fused-ring (bicyclic) bond motifs is 2. The highest BCUT2D eigenvalue weighted by Gasteiger charge is 2.46. The maximum Gasteiger partial charge on any atom is 0.0533 e. The van der Waals surface area contributed by atoms with Gasteiger partial charge < -0.3 is 4.90 Å². The summed E-state index contributed by atoms with van der Waals surface area (Å²) in [6.45, 7) is 7.02. The molecule has 4 aromatic rings. The lowest BCUT2D eigenvalue weighted by atomic mass is 9.71. The molecule has 0 N–H and O–H groups in total. The number of anilines is 3. The van der Waals surface area contributed by atoms with E-state index in [0.29, 0.717) is 11.8 Å². The normalized spacial score (nSPS) is 20.4. The molecule has 224 valence electrons. The van der Waals surface area contributed by atoms with E-state index in [-0.39, 0.29) is 5.41 Å². The van der Waals surface area contributed by atoms with E-state index in [4.69, 9.17) is 0 Å². The minimum Gasteiger partial charge on any atom is -0.310 e. The van der Waals surface area contributed by atoms with E-state index in [9.17, 15) is 0 Å². The van der Waals surface area contributed by atoms with Crippen LogP contribution in [0.15, 0.2) is 151 Å². The molecule has 0 bridgehead atoms. The average molecular weight is 586 g/mol. The predicted octanol–water partition coefficient (Wildman–Crippen LogP) is 12.5. The second kappa shape index (κ2) is 12.4. The molecule has 4 aromatic carbocycles. The first kappa shape index (κ1) is 29.1. The fourth-order valence-corrected chi connectivity index (χ4v) is 7.86. The van der Waals surface area contributed by atoms with Gasteiger partial charge in [-0.05, 0) is 102 Å². The maximum atomic E-state index is 2.58. The highest BCUT2D eigenvalue weighted by Crippen LogP contribution is 2.58. The van der Waals surface area contributed by atoms with Crippen LogP contribution in [0.25, 0.3) is 22.8 Å². The Morgan fingerprint density at radius 2 is 1.33 bits per heavy atom. The van der Waals surface area contributed by atoms with Crippen molar-refractivity contribution in [3.8, 4) is 11.1 Å². The van der Waals surface area contributed by atoms with Gasteiger partial charge in [0.2, 0.25) is 0 Å². The Bertz CT molecular complexity index is 1810. The van der Waals surface area contributed by atoms with Gasteiger partial charge in [0.1, 0.15) is 0 Å². The Morgan fingerprint density at radius 3 is 2.07 bits per heavy atom. The van der Waals surface area contributed by atoms with Crippen molar-refractivity contribution in [1.82, 2.24) is 0 Å². The maximum absolute atomic E-state index is 2.58. The molecule has 3 aliphatic carbocycles. The number of hydrogen-bond donors (Lipinski definition) is 0. The number of nitrogens with zero attached hydrogens (tertiary/aromatic N) is 1. The molecule has 3 aliphatic rings. The molecule has 0 saturated heterocycles. The molecular formula is C44H43N. The van der Waals surface area contributed by atoms with Crippen LogP contribution < -0.4 is 4.90 Å². The third-order valence-electron chi connectivity index (χ3n) is 10.2. The summed E-state index contributed by atoms with van der Waals surface area (Å²) in [4.78, 5) is 2.38. The molecule has 1 nitrogen and oxygen atoms in total. The van der Waals surface area contributed by atoms with Crippen molar-refractivity contribution >= 4 is 28.7 Å². The molecule has 7 rings (SSSR count). The Morgan fingerprint density at radius 1 is 0.689 bits per heavy atom. The van der Waals surface area contributed by atoms with Gasteiger partial charge >= 0.3 is 0 Å². The molecule has 0 aromatic heterocycles. The number of hydrogen-bond acceptors (Lipinski definition) is 1. The van der Waals surface area contributed by atoms with Gasteiger partial charge in [-0.15, -0.1) is 0 Å². The molecule has 2 unspecified atom stereocenters. The summed E-state index contributed by atoms with van der Waals surface area (Å²) in [6.07, 6.45) is 21.2. The predicted molar refractivity (Wildman–Crippen MR) is 194 cm³/mol. The Balaban J connectivity index is 1.24. The monoisotopic (exact) mass is 585 g/mol. The van der Waals surface area contributed by atoms with Crippen molar-refractivity contribution in [3.63, 3.8) is 0 Å². The molecule has 45 heavy (non-hydrogen) atoms. The zero-order chi connectivity index (χ0) is 30.8. The van der Waals surface area contributed by atoms with Gasteiger partial charge in [-0.3, -0.25) is 0 Å². The second-order valence-electron chi connectivity index (χ2n) is 13.2. The van der Waals surface area contributed by atoms with Crippen molar-refractivity contribution in [3.05, 3.63) is 162 Å². The van der Waals surface area contributed by atoms with E-state index in [0.717, 1.165) is 17.1 Å². The van der Waals surface area contributed by atoms with Gasteiger partial charge in [0.05, 0.1) is 5.69 Å². The van der Waals surface area contributed by atoms with Crippen LogP contribution in [0.2, 0.25) is 0 Å². The smallest absolute Gasteiger partial charge is 0.0533 e. The lowest BCUT2D eigenvalue weighted by molar-refractivity contribution is 0.310. The third-order valence-corrected chi connectivity index (χ3v) is 10.2. The number of para-hydroxylation sites is 1. The molecule has 0 amide bonds. The van der Waals surface area contributed by atoms with E-state index in [1.807, 2.05) is 6.92 Å². The van der Waals surface area contributed by atoms with E-state index in [1.165, 1.54) is 53.5 Å². The van der Waals surface area contributed by atoms with Gasteiger partial charge in [0.25, 0.3) is 0 Å². The van der Waals surface area contributed by atoms with Gasteiger partial charge in [0.15, 0.2) is 0 Å². The lowest BCUT2D eigenvalue weighted by Crippen LogP contribution is -2.24. The SMILES string of the molecule is C/C=C\C=C/c1ccccc1N(c1ccc(C2=CC3C(C=C2)C2=C(CCCC2)C3(C)C)cc1)c1ccc(-c2ccccc2)cc1. The van der Waals surface area contributed by atoms with Crippen LogP contribution in [0.3, 0.4) is 0 Å². The first-order chi connectivity index (χ1) is 22.0. The molecule has 0 aliphatic heterocycles. The minimum atomic E-state index is 0.239. The van der Waals surface area contributed by atoms with Crippen LogP contribution in [-0.4, -0.2) is 0 Å². The van der Waals surface area contributed by atoms with E-state index >= 15 is 0 Å². The number of benzene rings is 4. The van der Waals surface area contributed by atoms with Crippen LogP contribution in [0.1, 0.15) is 57.6 Å². The van der Waals surface area contributed by atoms with Crippen molar-refractivity contribution in [2.24, 2.45) is 17.3 Å². The minimum absolute atomic E-state index is 0.239. The molecule has 2 atom stereocenters. The van der Waals surface area contributed by atoms with E-state index in [2.05, 4.69) is 164 Å². The summed E-state index contributed by atoms with van der Waals surface area (Å²) >= 11 is 0. The van der Waals surface area contributed by atoms with Crippen molar-refractivity contribution in [1.29, 1.82) is 0 Å². The topological polar surface area (TPSA) is 3.24 Å². The molecule has 0 radical (unpaired) electrons. The summed E-state index contributed by atoms with van der Waals surface area (Å²) in [5.41, 5.74) is 13.4. The Hall–Kier alpha value is -4.62. The standard InChI is InChI=1S/C44H43N/c1-4-5-7-16-35-17-10-13-20-43(35)45(37-26-21-33(22-27-37)32-14-8-6-9-15-32)38-28-23-34(24-29-38)36-25-30-40-39-18-11-12-19-41(39)44(2,3)42(40)31-36/h4-10,13-17,20-31,40,42H,11-12,18-19H2,1-3H3/b5-4-,16-7-. The van der Waals surface area contributed by atoms with Crippen LogP contribution in [0.5, 0.6) is 0 Å². The van der Waals surface area contributed by atoms with Gasteiger partial charge in [-0.25, -0.2) is 0 Å². The Labute approximate surface area is 269 Å². The molecule has 1 heteroatoms. The third kappa shape index (κ3) is 5.57. The fraction of sp³-hybridized carbons (Fsp3) is 0.227. The second-order valence-corrected chi connectivity index (χ2v) is 13.2. The Kier molecular flexibility index (Phi) is 8.03. The summed E-state index contributed by atoms with van der Waals surface area (Å²) < 4.78 is 0. The zero-order valence-electron chi connectivity index (χ0n) is 26.8. The molecule has 0 spiro atoms. The first-order valence-electron chi connectivity index (χ1n) is 16.6. The molecule has 0 fully saturated rings. The van der Waals surface area contributed by atoms with Gasteiger partial charge in [-0.1, -0.05) is 140 Å². The molecular weight excluding hydrogens is 542 g/mol. The van der Waals surface area contributed by atoms with Crippen LogP contribution in [-0.2, 0) is 0 Å². The number of rotatable bonds is 7. The highest BCUT2D eigenvalue weighted by molar-refractivity contribution is 5.85. The van der Waals surface area contributed by atoms with Crippen molar-refractivity contribution in [2.75, 3.05) is 4.90 Å². The first-order valence-corrected chi connectivity index (χ1v) is 16.6. The zero-order valence-corrected chi connectivity index (χ0v) is 26.8. The summed E-state index contributed by atoms with van der Waals surface area (Å²) in [7, 11) is 0. The summed E-state index contributed by atoms with van der Waals surface area (Å²) in [5, 5.41) is 0. The lowest BCUT2D eigenvalue weighted by Gasteiger charge is -2.33. The van der Waals surface area contributed by atoms with Crippen LogP contribution in [0.4, 0.5) is 17.1 Å². The van der Waals surface area contributed by atoms with E-state index < -0.39 is 0 Å². The highest BCUT2D eigenvalue weighted by atomic mass is 15.1. The number of allylic oxidation sites excluding steroid dienone is 9. The largest absolute Gasteiger partial charge is 0.310 e. The van der Waals surface area contributed by atoms with E-state index in [1.54, 1.807) is 11.1 Å². The molecule has 0 heterocycles. The van der Waals surface area contributed by atoms with Crippen molar-refractivity contribution < 1.29 is 0 Å². The summed E-state index contributed by atoms with van der Waals surface area (Å²) in [6, 6.07) is 37.4. The van der Waals surface area contributed by atoms with Gasteiger partial charge in [-0.2, -0.15) is 0 Å². The fourth-order valence-electron chi connectivity index (χ4n) is 7.86. The molecule has 0 saturated carbocycles. The summed E-state index contributed by atoms with van der Waals surface area (Å²) in [5.74, 6) is 1.13. The van der Waals surface area contributed by atoms with Gasteiger partial charge in [0, 0.05) is 17.3 Å². The van der Waals surface area contributed by atoms with Crippen LogP contribution in [0, 0.1) is 17.3 Å². The van der Waals surface area contributed by atoms with Crippen LogP contribution >= 0.6 is 0 Å². The quantitative estimate of drug-likeness (QED) is 0.154.